The molecule has 0 aliphatic carbocycles. The van der Waals surface area contributed by atoms with Gasteiger partial charge in [-0.2, -0.15) is 0 Å². The second-order valence-corrected chi connectivity index (χ2v) is 8.17. The minimum atomic E-state index is -0.145. The molecule has 0 N–H and O–H groups in total. The number of hydrogen-bond acceptors (Lipinski definition) is 0. The predicted molar refractivity (Wildman–Crippen MR) is 34.3 cm³/mol. The number of rotatable bonds is 1. The van der Waals surface area contributed by atoms with Crippen LogP contribution in [-0.2, 0) is 0 Å². The summed E-state index contributed by atoms with van der Waals surface area (Å²) in [5.41, 5.74) is 0. The van der Waals surface area contributed by atoms with Crippen molar-refractivity contribution in [1.82, 2.24) is 0 Å². The third kappa shape index (κ3) is 5.18. The number of hydrogen-bond donors (Lipinski definition) is 0. The Hall–Kier alpha value is 1.18. The molecule has 0 aliphatic heterocycles. The molecule has 31 valence electrons. The maximum Gasteiger partial charge on any atom is 0.143 e. The molecule has 0 aliphatic rings. The average Bonchev–Trinajstić information content (AvgIpc) is 1.38. The van der Waals surface area contributed by atoms with Crippen LogP contribution in [-0.4, -0.2) is 12.4 Å². The van der Waals surface area contributed by atoms with Gasteiger partial charge in [-0.25, -0.2) is 0 Å². The van der Waals surface area contributed by atoms with Crippen molar-refractivity contribution >= 4 is 38.6 Å². The van der Waals surface area contributed by atoms with Gasteiger partial charge in [0.2, 0.25) is 0 Å². The van der Waals surface area contributed by atoms with Crippen molar-refractivity contribution in [1.29, 1.82) is 0 Å². The maximum absolute atomic E-state index is 3.43. The molecule has 0 atom stereocenters. The lowest BCUT2D eigenvalue weighted by molar-refractivity contribution is 2.08. The Bertz CT molecular complexity index is 21.6. The lowest BCUT2D eigenvalue weighted by Gasteiger charge is -1.82. The molecule has 0 unspecified atom stereocenters. The highest BCUT2D eigenvalue weighted by Crippen LogP contribution is 1.94. The first-order valence-corrected chi connectivity index (χ1v) is 6.90. The first-order valence-electron chi connectivity index (χ1n) is 1.31. The van der Waals surface area contributed by atoms with E-state index in [0.29, 0.717) is 0 Å². The van der Waals surface area contributed by atoms with Gasteiger partial charge in [-0.15, -0.1) is 15.3 Å². The van der Waals surface area contributed by atoms with Gasteiger partial charge < -0.3 is 0 Å². The van der Waals surface area contributed by atoms with Crippen molar-refractivity contribution in [3.05, 3.63) is 0 Å². The minimum absolute atomic E-state index is 0.145. The largest absolute Gasteiger partial charge is 0.143 e. The van der Waals surface area contributed by atoms with Crippen LogP contribution in [0.4, 0.5) is 0 Å². The van der Waals surface area contributed by atoms with Crippen LogP contribution in [0.15, 0.2) is 0 Å². The highest BCUT2D eigenvalue weighted by Gasteiger charge is 1.89. The number of alkyl halides is 1. The Kier molecular flexibility index (Phi) is 4.16. The molecule has 0 heterocycles. The third-order valence-corrected chi connectivity index (χ3v) is 6.17. The van der Waals surface area contributed by atoms with E-state index in [0.717, 1.165) is 4.95 Å². The van der Waals surface area contributed by atoms with Crippen molar-refractivity contribution in [2.45, 2.75) is 6.55 Å². The topological polar surface area (TPSA) is 0 Å². The van der Waals surface area contributed by atoms with E-state index in [4.69, 9.17) is 0 Å². The first kappa shape index (κ1) is 6.18. The van der Waals surface area contributed by atoms with Crippen molar-refractivity contribution in [2.24, 2.45) is 0 Å². The summed E-state index contributed by atoms with van der Waals surface area (Å²) in [6, 6.07) is 0. The van der Waals surface area contributed by atoms with E-state index in [2.05, 4.69) is 37.8 Å². The van der Waals surface area contributed by atoms with Gasteiger partial charge in [0.15, 0.2) is 0 Å². The molecule has 0 saturated heterocycles. The highest BCUT2D eigenvalue weighted by atomic mass is 79.9. The molecule has 3 heteroatoms. The second-order valence-electron chi connectivity index (χ2n) is 0.810. The fourth-order valence-corrected chi connectivity index (χ4v) is 0. The quantitative estimate of drug-likeness (QED) is 0.357. The van der Waals surface area contributed by atoms with Gasteiger partial charge in [0.1, 0.15) is 7.42 Å². The molecule has 0 saturated carbocycles. The molecule has 1 radical (unpaired) electrons. The van der Waals surface area contributed by atoms with Gasteiger partial charge >= 0.3 is 0 Å². The summed E-state index contributed by atoms with van der Waals surface area (Å²) in [4.78, 5) is 1.14. The molecule has 5 heavy (non-hydrogen) atoms. The van der Waals surface area contributed by atoms with Crippen LogP contribution in [0, 0.1) is 0 Å². The molecule has 0 amide bonds. The van der Waals surface area contributed by atoms with E-state index in [1.807, 2.05) is 0 Å². The predicted octanol–water partition coefficient (Wildman–Crippen LogP) is 1.94. The Morgan fingerprint density at radius 3 is 2.00 bits per heavy atom. The smallest absolute Gasteiger partial charge is 0.128 e. The molecule has 0 aromatic heterocycles. The van der Waals surface area contributed by atoms with Crippen molar-refractivity contribution < 1.29 is 0 Å². The Labute approximate surface area is 50.3 Å². The fraction of sp³-hybridized carbons (Fsp3) is 1.00. The summed E-state index contributed by atoms with van der Waals surface area (Å²) in [6.45, 7) is 2.19. The Morgan fingerprint density at radius 1 is 1.80 bits per heavy atom. The standard InChI is InChI=1S/C2H5Br2Si/c1-5(4)2-3/h2H2,1H3. The monoisotopic (exact) mass is 215 g/mol. The van der Waals surface area contributed by atoms with Gasteiger partial charge in [-0.3, -0.25) is 0 Å². The lowest BCUT2D eigenvalue weighted by Crippen LogP contribution is -1.93. The van der Waals surface area contributed by atoms with E-state index in [1.54, 1.807) is 0 Å². The van der Waals surface area contributed by atoms with Crippen LogP contribution in [0.25, 0.3) is 0 Å². The van der Waals surface area contributed by atoms with Crippen LogP contribution in [0.1, 0.15) is 0 Å². The fourth-order valence-electron chi connectivity index (χ4n) is 0. The molecule has 0 nitrogen and oxygen atoms in total. The lowest BCUT2D eigenvalue weighted by atomic mass is 11.9. The van der Waals surface area contributed by atoms with E-state index < -0.39 is 0 Å². The molecule has 0 aromatic rings. The molecular weight excluding hydrogens is 212 g/mol. The normalized spacial score (nSPS) is 9.60. The molecule has 0 fully saturated rings. The van der Waals surface area contributed by atoms with Gasteiger partial charge in [0.05, 0.1) is 0 Å². The van der Waals surface area contributed by atoms with Gasteiger partial charge in [0.25, 0.3) is 0 Å². The first-order chi connectivity index (χ1) is 2.27. The van der Waals surface area contributed by atoms with Crippen LogP contribution >= 0.6 is 31.2 Å². The molecule has 0 bridgehead atoms. The maximum atomic E-state index is 3.43. The molecule has 0 spiro atoms. The molecule has 0 rings (SSSR count). The summed E-state index contributed by atoms with van der Waals surface area (Å²) < 4.78 is 0. The summed E-state index contributed by atoms with van der Waals surface area (Å²) in [7, 11) is -0.145. The zero-order valence-corrected chi connectivity index (χ0v) is 7.14. The van der Waals surface area contributed by atoms with E-state index in [1.165, 1.54) is 0 Å². The van der Waals surface area contributed by atoms with E-state index in [-0.39, 0.29) is 7.42 Å². The van der Waals surface area contributed by atoms with Crippen LogP contribution < -0.4 is 0 Å². The summed E-state index contributed by atoms with van der Waals surface area (Å²) in [5.74, 6) is 0. The Balaban J connectivity index is 2.54. The SMILES string of the molecule is C[Si](Br)CBr. The minimum Gasteiger partial charge on any atom is -0.128 e. The van der Waals surface area contributed by atoms with Crippen LogP contribution in [0.3, 0.4) is 0 Å². The van der Waals surface area contributed by atoms with E-state index in [9.17, 15) is 0 Å². The van der Waals surface area contributed by atoms with Crippen molar-refractivity contribution in [3.63, 3.8) is 0 Å². The average molecular weight is 217 g/mol. The molecule has 0 aromatic carbocycles. The zero-order valence-electron chi connectivity index (χ0n) is 2.96. The summed E-state index contributed by atoms with van der Waals surface area (Å²) >= 11 is 6.74. The van der Waals surface area contributed by atoms with Gasteiger partial charge in [-0.1, -0.05) is 22.5 Å². The summed E-state index contributed by atoms with van der Waals surface area (Å²) in [5, 5.41) is 0. The Morgan fingerprint density at radius 2 is 2.00 bits per heavy atom. The van der Waals surface area contributed by atoms with Gasteiger partial charge in [-0.05, 0) is 0 Å². The second kappa shape index (κ2) is 3.37. The van der Waals surface area contributed by atoms with Crippen LogP contribution in [0.2, 0.25) is 6.55 Å². The van der Waals surface area contributed by atoms with Crippen molar-refractivity contribution in [3.8, 4) is 0 Å². The summed E-state index contributed by atoms with van der Waals surface area (Å²) in [6.07, 6.45) is 0. The molecular formula is C2H5Br2Si. The highest BCUT2D eigenvalue weighted by molar-refractivity contribution is 9.26. The zero-order chi connectivity index (χ0) is 4.28. The van der Waals surface area contributed by atoms with Crippen molar-refractivity contribution in [2.75, 3.05) is 4.95 Å². The van der Waals surface area contributed by atoms with E-state index >= 15 is 0 Å². The van der Waals surface area contributed by atoms with Crippen LogP contribution in [0.5, 0.6) is 0 Å². The third-order valence-electron chi connectivity index (χ3n) is 0.184. The van der Waals surface area contributed by atoms with Gasteiger partial charge in [0, 0.05) is 4.95 Å². The number of halogens is 2.